The Morgan fingerprint density at radius 3 is 2.71 bits per heavy atom. The van der Waals surface area contributed by atoms with Gasteiger partial charge < -0.3 is 15.4 Å². The summed E-state index contributed by atoms with van der Waals surface area (Å²) in [6, 6.07) is 2.01. The molecule has 5 heteroatoms. The van der Waals surface area contributed by atoms with Crippen molar-refractivity contribution in [1.29, 1.82) is 5.26 Å². The molecule has 1 rings (SSSR count). The molecule has 0 bridgehead atoms. The number of nitrogens with two attached hydrogens (primary N) is 1. The van der Waals surface area contributed by atoms with Crippen LogP contribution in [0.3, 0.4) is 0 Å². The van der Waals surface area contributed by atoms with E-state index >= 15 is 0 Å². The molecular formula is C12H21N3O2. The number of piperidine rings is 1. The van der Waals surface area contributed by atoms with E-state index < -0.39 is 5.60 Å². The highest BCUT2D eigenvalue weighted by Crippen LogP contribution is 2.21. The lowest BCUT2D eigenvalue weighted by Gasteiger charge is -2.36. The van der Waals surface area contributed by atoms with Crippen molar-refractivity contribution in [2.45, 2.75) is 45.3 Å². The van der Waals surface area contributed by atoms with Gasteiger partial charge in [0.05, 0.1) is 6.07 Å². The molecule has 0 aromatic carbocycles. The van der Waals surface area contributed by atoms with Crippen LogP contribution < -0.4 is 5.73 Å². The van der Waals surface area contributed by atoms with Crippen molar-refractivity contribution in [2.75, 3.05) is 13.1 Å². The molecule has 96 valence electrons. The number of nitriles is 1. The standard InChI is InChI=1S/C12H21N3O2/c1-12(2,3)17-11(16)15-7-5-9(4-6-13)10(14)8-15/h9-10H,4-5,7-8,14H2,1-3H3/t9-,10+/m1/s1. The first-order valence-electron chi connectivity index (χ1n) is 5.94. The molecule has 0 unspecified atom stereocenters. The van der Waals surface area contributed by atoms with Crippen molar-refractivity contribution < 1.29 is 9.53 Å². The first kappa shape index (κ1) is 13.8. The molecule has 2 atom stereocenters. The van der Waals surface area contributed by atoms with Crippen LogP contribution in [-0.4, -0.2) is 35.7 Å². The summed E-state index contributed by atoms with van der Waals surface area (Å²) in [5, 5.41) is 8.65. The second-order valence-electron chi connectivity index (χ2n) is 5.50. The van der Waals surface area contributed by atoms with Crippen LogP contribution in [0.1, 0.15) is 33.6 Å². The molecule has 0 aromatic heterocycles. The highest BCUT2D eigenvalue weighted by molar-refractivity contribution is 5.68. The zero-order valence-electron chi connectivity index (χ0n) is 10.8. The van der Waals surface area contributed by atoms with Crippen LogP contribution in [0.4, 0.5) is 4.79 Å². The summed E-state index contributed by atoms with van der Waals surface area (Å²) in [6.07, 6.45) is 0.917. The van der Waals surface area contributed by atoms with Gasteiger partial charge in [0.1, 0.15) is 5.60 Å². The van der Waals surface area contributed by atoms with Gasteiger partial charge in [-0.15, -0.1) is 0 Å². The Bertz CT molecular complexity index is 317. The van der Waals surface area contributed by atoms with Crippen LogP contribution >= 0.6 is 0 Å². The molecule has 5 nitrogen and oxygen atoms in total. The topological polar surface area (TPSA) is 79.3 Å². The number of amides is 1. The Kier molecular flexibility index (Phi) is 4.35. The molecule has 0 aliphatic carbocycles. The first-order valence-corrected chi connectivity index (χ1v) is 5.94. The molecule has 2 N–H and O–H groups in total. The van der Waals surface area contributed by atoms with E-state index in [4.69, 9.17) is 15.7 Å². The van der Waals surface area contributed by atoms with E-state index in [2.05, 4.69) is 6.07 Å². The minimum atomic E-state index is -0.481. The largest absolute Gasteiger partial charge is 0.444 e. The lowest BCUT2D eigenvalue weighted by Crippen LogP contribution is -2.51. The minimum absolute atomic E-state index is 0.129. The monoisotopic (exact) mass is 239 g/mol. The number of likely N-dealkylation sites (tertiary alicyclic amines) is 1. The molecule has 1 saturated heterocycles. The smallest absolute Gasteiger partial charge is 0.410 e. The average molecular weight is 239 g/mol. The van der Waals surface area contributed by atoms with E-state index in [1.54, 1.807) is 4.90 Å². The van der Waals surface area contributed by atoms with Crippen molar-refractivity contribution in [1.82, 2.24) is 4.90 Å². The third kappa shape index (κ3) is 4.23. The summed E-state index contributed by atoms with van der Waals surface area (Å²) >= 11 is 0. The van der Waals surface area contributed by atoms with Crippen molar-refractivity contribution in [3.05, 3.63) is 0 Å². The molecule has 0 saturated carbocycles. The molecule has 1 fully saturated rings. The zero-order valence-corrected chi connectivity index (χ0v) is 10.8. The Labute approximate surface area is 103 Å². The summed E-state index contributed by atoms with van der Waals surface area (Å²) in [6.45, 7) is 6.62. The highest BCUT2D eigenvalue weighted by atomic mass is 16.6. The predicted molar refractivity (Wildman–Crippen MR) is 64.1 cm³/mol. The zero-order chi connectivity index (χ0) is 13.1. The fourth-order valence-corrected chi connectivity index (χ4v) is 1.89. The summed E-state index contributed by atoms with van der Waals surface area (Å²) in [5.74, 6) is 0.193. The molecule has 1 aliphatic rings. The first-order chi connectivity index (χ1) is 7.83. The molecule has 0 radical (unpaired) electrons. The number of carbonyl (C=O) groups excluding carboxylic acids is 1. The van der Waals surface area contributed by atoms with Gasteiger partial charge in [-0.25, -0.2) is 4.79 Å². The van der Waals surface area contributed by atoms with Crippen molar-refractivity contribution in [2.24, 2.45) is 11.7 Å². The molecular weight excluding hydrogens is 218 g/mol. The quantitative estimate of drug-likeness (QED) is 0.751. The number of ether oxygens (including phenoxy) is 1. The van der Waals surface area contributed by atoms with Gasteiger partial charge >= 0.3 is 6.09 Å². The van der Waals surface area contributed by atoms with Gasteiger partial charge in [-0.2, -0.15) is 5.26 Å². The maximum Gasteiger partial charge on any atom is 0.410 e. The predicted octanol–water partition coefficient (Wildman–Crippen LogP) is 1.48. The van der Waals surface area contributed by atoms with E-state index in [1.165, 1.54) is 0 Å². The van der Waals surface area contributed by atoms with E-state index in [1.807, 2.05) is 20.8 Å². The number of hydrogen-bond acceptors (Lipinski definition) is 4. The Balaban J connectivity index is 2.50. The summed E-state index contributed by atoms with van der Waals surface area (Å²) in [4.78, 5) is 13.4. The summed E-state index contributed by atoms with van der Waals surface area (Å²) in [7, 11) is 0. The lowest BCUT2D eigenvalue weighted by molar-refractivity contribution is 0.0162. The second-order valence-corrected chi connectivity index (χ2v) is 5.50. The van der Waals surface area contributed by atoms with Crippen LogP contribution in [-0.2, 0) is 4.74 Å². The molecule has 1 aliphatic heterocycles. The van der Waals surface area contributed by atoms with Crippen LogP contribution in [0.5, 0.6) is 0 Å². The Morgan fingerprint density at radius 2 is 2.24 bits per heavy atom. The summed E-state index contributed by atoms with van der Waals surface area (Å²) < 4.78 is 5.29. The van der Waals surface area contributed by atoms with E-state index in [-0.39, 0.29) is 18.1 Å². The molecule has 0 spiro atoms. The average Bonchev–Trinajstić information content (AvgIpc) is 2.18. The maximum atomic E-state index is 11.8. The number of hydrogen-bond donors (Lipinski definition) is 1. The third-order valence-corrected chi connectivity index (χ3v) is 2.81. The summed E-state index contributed by atoms with van der Waals surface area (Å²) in [5.41, 5.74) is 5.47. The molecule has 1 heterocycles. The second kappa shape index (κ2) is 5.37. The van der Waals surface area contributed by atoms with Gasteiger partial charge in [-0.1, -0.05) is 0 Å². The number of carbonyl (C=O) groups is 1. The van der Waals surface area contributed by atoms with Crippen LogP contribution in [0, 0.1) is 17.2 Å². The van der Waals surface area contributed by atoms with E-state index in [9.17, 15) is 4.79 Å². The van der Waals surface area contributed by atoms with Crippen molar-refractivity contribution in [3.63, 3.8) is 0 Å². The van der Waals surface area contributed by atoms with Crippen molar-refractivity contribution in [3.8, 4) is 6.07 Å². The Hall–Kier alpha value is -1.28. The van der Waals surface area contributed by atoms with Gasteiger partial charge in [0.2, 0.25) is 0 Å². The SMILES string of the molecule is CC(C)(C)OC(=O)N1CC[C@@H](CC#N)[C@@H](N)C1. The van der Waals surface area contributed by atoms with Gasteiger partial charge in [0.25, 0.3) is 0 Å². The van der Waals surface area contributed by atoms with Gasteiger partial charge in [-0.05, 0) is 33.1 Å². The van der Waals surface area contributed by atoms with Crippen LogP contribution in [0.2, 0.25) is 0 Å². The number of rotatable bonds is 1. The van der Waals surface area contributed by atoms with E-state index in [0.717, 1.165) is 6.42 Å². The van der Waals surface area contributed by atoms with E-state index in [0.29, 0.717) is 19.5 Å². The normalized spacial score (nSPS) is 25.2. The van der Waals surface area contributed by atoms with Gasteiger partial charge in [0, 0.05) is 25.6 Å². The van der Waals surface area contributed by atoms with Gasteiger partial charge in [-0.3, -0.25) is 0 Å². The fraction of sp³-hybridized carbons (Fsp3) is 0.833. The van der Waals surface area contributed by atoms with Crippen LogP contribution in [0.15, 0.2) is 0 Å². The van der Waals surface area contributed by atoms with Crippen molar-refractivity contribution >= 4 is 6.09 Å². The lowest BCUT2D eigenvalue weighted by atomic mass is 9.90. The fourth-order valence-electron chi connectivity index (χ4n) is 1.89. The Morgan fingerprint density at radius 1 is 1.59 bits per heavy atom. The third-order valence-electron chi connectivity index (χ3n) is 2.81. The van der Waals surface area contributed by atoms with Gasteiger partial charge in [0.15, 0.2) is 0 Å². The molecule has 0 aromatic rings. The molecule has 17 heavy (non-hydrogen) atoms. The minimum Gasteiger partial charge on any atom is -0.444 e. The molecule has 1 amide bonds. The van der Waals surface area contributed by atoms with Crippen LogP contribution in [0.25, 0.3) is 0 Å². The highest BCUT2D eigenvalue weighted by Gasteiger charge is 2.31. The maximum absolute atomic E-state index is 11.8. The number of nitrogens with zero attached hydrogens (tertiary/aromatic N) is 2.